The number of methoxy groups -OCH3 is 1. The number of hydrogen-bond donors (Lipinski definition) is 0. The second-order valence-corrected chi connectivity index (χ2v) is 7.33. The summed E-state index contributed by atoms with van der Waals surface area (Å²) in [6.45, 7) is 1.81. The Kier molecular flexibility index (Phi) is 6.14. The molecule has 0 aliphatic rings. The summed E-state index contributed by atoms with van der Waals surface area (Å²) >= 11 is 13.6. The highest BCUT2D eigenvalue weighted by Gasteiger charge is 2.34. The molecular formula is C16H14Cl2F3NO2S. The lowest BCUT2D eigenvalue weighted by atomic mass is 10.1. The Bertz CT molecular complexity index is 852. The van der Waals surface area contributed by atoms with Gasteiger partial charge in [-0.3, -0.25) is 4.79 Å². The summed E-state index contributed by atoms with van der Waals surface area (Å²) in [4.78, 5) is 13.0. The van der Waals surface area contributed by atoms with Crippen LogP contribution in [0, 0.1) is 0 Å². The van der Waals surface area contributed by atoms with Gasteiger partial charge in [-0.2, -0.15) is 13.2 Å². The molecule has 1 aromatic heterocycles. The van der Waals surface area contributed by atoms with Crippen molar-refractivity contribution in [1.29, 1.82) is 0 Å². The molecule has 25 heavy (non-hydrogen) atoms. The zero-order valence-corrected chi connectivity index (χ0v) is 15.8. The number of alkyl halides is 3. The van der Waals surface area contributed by atoms with Crippen molar-refractivity contribution in [2.24, 2.45) is 7.05 Å². The average molecular weight is 412 g/mol. The van der Waals surface area contributed by atoms with Crippen LogP contribution in [0.4, 0.5) is 13.2 Å². The molecule has 1 aromatic carbocycles. The maximum absolute atomic E-state index is 12.9. The summed E-state index contributed by atoms with van der Waals surface area (Å²) in [5.74, 6) is 0. The molecular weight excluding hydrogens is 398 g/mol. The van der Waals surface area contributed by atoms with E-state index in [-0.39, 0.29) is 16.0 Å². The van der Waals surface area contributed by atoms with Gasteiger partial charge in [-0.25, -0.2) is 0 Å². The molecule has 1 unspecified atom stereocenters. The minimum absolute atomic E-state index is 0.0593. The van der Waals surface area contributed by atoms with E-state index in [1.165, 1.54) is 24.9 Å². The summed E-state index contributed by atoms with van der Waals surface area (Å²) in [5, 5.41) is 0.544. The Balaban J connectivity index is 2.61. The Morgan fingerprint density at radius 3 is 2.36 bits per heavy atom. The van der Waals surface area contributed by atoms with Gasteiger partial charge in [0.15, 0.2) is 0 Å². The molecule has 0 aliphatic carbocycles. The fourth-order valence-electron chi connectivity index (χ4n) is 2.18. The lowest BCUT2D eigenvalue weighted by Gasteiger charge is -2.15. The summed E-state index contributed by atoms with van der Waals surface area (Å²) in [5.41, 5.74) is -1.67. The second-order valence-electron chi connectivity index (χ2n) is 5.18. The van der Waals surface area contributed by atoms with Gasteiger partial charge in [0.05, 0.1) is 10.0 Å². The van der Waals surface area contributed by atoms with E-state index >= 15 is 0 Å². The molecule has 0 spiro atoms. The highest BCUT2D eigenvalue weighted by atomic mass is 35.5. The maximum atomic E-state index is 12.9. The number of hydrogen-bond acceptors (Lipinski definition) is 3. The Morgan fingerprint density at radius 1 is 1.16 bits per heavy atom. The number of nitrogens with zero attached hydrogens (tertiary/aromatic N) is 1. The second kappa shape index (κ2) is 7.61. The third-order valence-electron chi connectivity index (χ3n) is 3.53. The largest absolute Gasteiger partial charge is 0.431 e. The van der Waals surface area contributed by atoms with Crippen LogP contribution in [0.25, 0.3) is 11.1 Å². The SMILES string of the molecule is COC(C)Sc1cc(-c2ccc(C(F)(F)F)n(C)c2=O)c(Cl)cc1Cl. The van der Waals surface area contributed by atoms with Crippen molar-refractivity contribution in [3.8, 4) is 11.1 Å². The van der Waals surface area contributed by atoms with Crippen molar-refractivity contribution >= 4 is 35.0 Å². The van der Waals surface area contributed by atoms with E-state index in [2.05, 4.69) is 0 Å². The van der Waals surface area contributed by atoms with E-state index in [9.17, 15) is 18.0 Å². The smallest absolute Gasteiger partial charge is 0.371 e. The number of aromatic nitrogens is 1. The van der Waals surface area contributed by atoms with Crippen molar-refractivity contribution in [1.82, 2.24) is 4.57 Å². The average Bonchev–Trinajstić information content (AvgIpc) is 2.51. The fraction of sp³-hybridized carbons (Fsp3) is 0.312. The number of pyridine rings is 1. The van der Waals surface area contributed by atoms with Crippen molar-refractivity contribution in [3.05, 3.63) is 50.4 Å². The molecule has 2 rings (SSSR count). The standard InChI is InChI=1S/C16H14Cl2F3NO2S/c1-8(24-3)25-13-6-10(11(17)7-12(13)18)9-4-5-14(16(19,20)21)22(2)15(9)23/h4-8H,1-3H3. The van der Waals surface area contributed by atoms with Crippen molar-refractivity contribution in [2.45, 2.75) is 23.4 Å². The van der Waals surface area contributed by atoms with Crippen LogP contribution in [-0.2, 0) is 18.0 Å². The molecule has 0 radical (unpaired) electrons. The monoisotopic (exact) mass is 411 g/mol. The van der Waals surface area contributed by atoms with Gasteiger partial charge < -0.3 is 9.30 Å². The van der Waals surface area contributed by atoms with Gasteiger partial charge in [-0.1, -0.05) is 35.0 Å². The molecule has 0 saturated carbocycles. The van der Waals surface area contributed by atoms with E-state index in [1.54, 1.807) is 6.07 Å². The quantitative estimate of drug-likeness (QED) is 0.494. The van der Waals surface area contributed by atoms with E-state index in [0.29, 0.717) is 20.0 Å². The summed E-state index contributed by atoms with van der Waals surface area (Å²) in [6, 6.07) is 5.01. The predicted octanol–water partition coefficient (Wildman–Crippen LogP) is 5.46. The first-order valence-corrected chi connectivity index (χ1v) is 8.66. The Morgan fingerprint density at radius 2 is 1.80 bits per heavy atom. The number of halogens is 5. The molecule has 0 amide bonds. The maximum Gasteiger partial charge on any atom is 0.431 e. The molecule has 0 saturated heterocycles. The molecule has 136 valence electrons. The first kappa shape index (κ1) is 20.2. The summed E-state index contributed by atoms with van der Waals surface area (Å²) in [7, 11) is 2.61. The summed E-state index contributed by atoms with van der Waals surface area (Å²) in [6.07, 6.45) is -4.62. The highest BCUT2D eigenvalue weighted by Crippen LogP contribution is 2.38. The number of rotatable bonds is 4. The number of ether oxygens (including phenoxy) is 1. The normalized spacial score (nSPS) is 13.1. The van der Waals surface area contributed by atoms with Crippen LogP contribution in [0.15, 0.2) is 34.0 Å². The lowest BCUT2D eigenvalue weighted by molar-refractivity contribution is -0.143. The van der Waals surface area contributed by atoms with Gasteiger partial charge in [0.25, 0.3) is 5.56 Å². The van der Waals surface area contributed by atoms with E-state index in [4.69, 9.17) is 27.9 Å². The van der Waals surface area contributed by atoms with Gasteiger partial charge >= 0.3 is 6.18 Å². The van der Waals surface area contributed by atoms with Crippen molar-refractivity contribution < 1.29 is 17.9 Å². The van der Waals surface area contributed by atoms with Gasteiger partial charge in [0, 0.05) is 30.2 Å². The van der Waals surface area contributed by atoms with Crippen LogP contribution in [0.2, 0.25) is 10.0 Å². The molecule has 0 N–H and O–H groups in total. The van der Waals surface area contributed by atoms with Crippen molar-refractivity contribution in [2.75, 3.05) is 7.11 Å². The fourth-order valence-corrected chi connectivity index (χ4v) is 3.61. The number of thioether (sulfide) groups is 1. The van der Waals surface area contributed by atoms with Crippen molar-refractivity contribution in [3.63, 3.8) is 0 Å². The van der Waals surface area contributed by atoms with Gasteiger partial charge in [-0.05, 0) is 31.2 Å². The van der Waals surface area contributed by atoms with Gasteiger partial charge in [-0.15, -0.1) is 0 Å². The first-order chi connectivity index (χ1) is 11.6. The Labute approximate surface area is 156 Å². The molecule has 3 nitrogen and oxygen atoms in total. The van der Waals surface area contributed by atoms with Crippen LogP contribution in [-0.4, -0.2) is 17.1 Å². The van der Waals surface area contributed by atoms with Crippen LogP contribution in [0.1, 0.15) is 12.6 Å². The van der Waals surface area contributed by atoms with Gasteiger partial charge in [0.1, 0.15) is 11.1 Å². The van der Waals surface area contributed by atoms with E-state index in [0.717, 1.165) is 19.2 Å². The van der Waals surface area contributed by atoms with Gasteiger partial charge in [0.2, 0.25) is 0 Å². The van der Waals surface area contributed by atoms with E-state index in [1.807, 2.05) is 6.92 Å². The molecule has 0 bridgehead atoms. The molecule has 0 fully saturated rings. The lowest BCUT2D eigenvalue weighted by Crippen LogP contribution is -2.26. The molecule has 9 heteroatoms. The molecule has 0 aliphatic heterocycles. The first-order valence-electron chi connectivity index (χ1n) is 7.02. The zero-order chi connectivity index (χ0) is 18.9. The zero-order valence-electron chi connectivity index (χ0n) is 13.4. The minimum Gasteiger partial charge on any atom is -0.371 e. The third-order valence-corrected chi connectivity index (χ3v) is 5.38. The van der Waals surface area contributed by atoms with E-state index < -0.39 is 17.4 Å². The molecule has 2 aromatic rings. The minimum atomic E-state index is -4.62. The van der Waals surface area contributed by atoms with Crippen LogP contribution >= 0.6 is 35.0 Å². The number of benzene rings is 1. The Hall–Kier alpha value is -1.15. The third kappa shape index (κ3) is 4.34. The summed E-state index contributed by atoms with van der Waals surface area (Å²) < 4.78 is 44.5. The topological polar surface area (TPSA) is 31.2 Å². The predicted molar refractivity (Wildman–Crippen MR) is 94.5 cm³/mol. The van der Waals surface area contributed by atoms with Crippen LogP contribution in [0.5, 0.6) is 0 Å². The van der Waals surface area contributed by atoms with Crippen LogP contribution in [0.3, 0.4) is 0 Å². The highest BCUT2D eigenvalue weighted by molar-refractivity contribution is 7.99. The molecule has 1 heterocycles. The van der Waals surface area contributed by atoms with Crippen LogP contribution < -0.4 is 5.56 Å². The molecule has 1 atom stereocenters.